The average Bonchev–Trinajstić information content (AvgIpc) is 2.95. The van der Waals surface area contributed by atoms with Gasteiger partial charge in [0.25, 0.3) is 0 Å². The number of hydrogen-bond acceptors (Lipinski definition) is 6. The van der Waals surface area contributed by atoms with Gasteiger partial charge in [0, 0.05) is 18.7 Å². The van der Waals surface area contributed by atoms with Crippen molar-refractivity contribution >= 4 is 29.3 Å². The highest BCUT2D eigenvalue weighted by atomic mass is 35.5. The van der Waals surface area contributed by atoms with Crippen LogP contribution in [0.2, 0.25) is 5.02 Å². The van der Waals surface area contributed by atoms with E-state index in [0.717, 1.165) is 11.4 Å². The third kappa shape index (κ3) is 3.50. The summed E-state index contributed by atoms with van der Waals surface area (Å²) in [6.07, 6.45) is 0. The van der Waals surface area contributed by atoms with E-state index in [1.165, 1.54) is 11.8 Å². The minimum atomic E-state index is -0.376. The zero-order valence-electron chi connectivity index (χ0n) is 13.3. The monoisotopic (exact) mass is 367 g/mol. The summed E-state index contributed by atoms with van der Waals surface area (Å²) in [6, 6.07) is 7.24. The maximum absolute atomic E-state index is 12.6. The van der Waals surface area contributed by atoms with Crippen LogP contribution >= 0.6 is 23.4 Å². The Hall–Kier alpha value is -1.77. The summed E-state index contributed by atoms with van der Waals surface area (Å²) < 4.78 is 6.79. The number of nitrogens with one attached hydrogen (secondary N) is 2. The van der Waals surface area contributed by atoms with Crippen LogP contribution in [0.25, 0.3) is 0 Å². The van der Waals surface area contributed by atoms with Gasteiger partial charge >= 0.3 is 0 Å². The van der Waals surface area contributed by atoms with Gasteiger partial charge in [0.05, 0.1) is 12.6 Å². The maximum atomic E-state index is 12.6. The largest absolute Gasteiger partial charge is 0.383 e. The highest BCUT2D eigenvalue weighted by Gasteiger charge is 2.37. The first kappa shape index (κ1) is 17.1. The standard InChI is InChI=1S/C15H18ClN5O2S/c1-9-18-19-15-21(9)20-12(10-3-5-11(16)6-4-10)13(24-15)14(22)17-7-8-23-2/h3-6,12-13,20H,7-8H2,1-2H3,(H,17,22)/t12-,13+/m1/s1. The van der Waals surface area contributed by atoms with E-state index in [1.807, 2.05) is 35.9 Å². The maximum Gasteiger partial charge on any atom is 0.236 e. The van der Waals surface area contributed by atoms with Crippen molar-refractivity contribution in [1.82, 2.24) is 20.2 Å². The van der Waals surface area contributed by atoms with E-state index < -0.39 is 0 Å². The van der Waals surface area contributed by atoms with E-state index in [4.69, 9.17) is 16.3 Å². The van der Waals surface area contributed by atoms with Crippen LogP contribution < -0.4 is 10.7 Å². The number of methoxy groups -OCH3 is 1. The molecule has 3 rings (SSSR count). The lowest BCUT2D eigenvalue weighted by Gasteiger charge is -2.32. The Morgan fingerprint density at radius 3 is 2.88 bits per heavy atom. The van der Waals surface area contributed by atoms with Crippen molar-refractivity contribution in [3.63, 3.8) is 0 Å². The number of amides is 1. The van der Waals surface area contributed by atoms with Gasteiger partial charge in [-0.15, -0.1) is 10.2 Å². The first-order chi connectivity index (χ1) is 11.6. The second-order valence-electron chi connectivity index (χ2n) is 5.35. The molecule has 0 fully saturated rings. The molecule has 0 saturated carbocycles. The predicted octanol–water partition coefficient (Wildman–Crippen LogP) is 1.76. The fourth-order valence-corrected chi connectivity index (χ4v) is 3.73. The molecule has 0 saturated heterocycles. The summed E-state index contributed by atoms with van der Waals surface area (Å²) in [7, 11) is 1.60. The van der Waals surface area contributed by atoms with Crippen molar-refractivity contribution in [2.45, 2.75) is 23.4 Å². The number of carbonyl (C=O) groups excluding carboxylic acids is 1. The van der Waals surface area contributed by atoms with Crippen LogP contribution in [0, 0.1) is 6.92 Å². The molecule has 1 aliphatic rings. The Labute approximate surface area is 149 Å². The molecule has 7 nitrogen and oxygen atoms in total. The zero-order valence-corrected chi connectivity index (χ0v) is 14.9. The van der Waals surface area contributed by atoms with Crippen molar-refractivity contribution in [1.29, 1.82) is 0 Å². The quantitative estimate of drug-likeness (QED) is 0.784. The normalized spacial score (nSPS) is 19.5. The Morgan fingerprint density at radius 1 is 1.42 bits per heavy atom. The number of rotatable bonds is 5. The molecular formula is C15H18ClN5O2S. The average molecular weight is 368 g/mol. The topological polar surface area (TPSA) is 81.1 Å². The lowest BCUT2D eigenvalue weighted by atomic mass is 10.0. The van der Waals surface area contributed by atoms with Crippen LogP contribution in [-0.4, -0.2) is 46.3 Å². The Morgan fingerprint density at radius 2 is 2.17 bits per heavy atom. The van der Waals surface area contributed by atoms with E-state index in [-0.39, 0.29) is 17.2 Å². The third-order valence-electron chi connectivity index (χ3n) is 3.69. The molecule has 128 valence electrons. The number of ether oxygens (including phenoxy) is 1. The number of carbonyl (C=O) groups is 1. The van der Waals surface area contributed by atoms with Crippen LogP contribution in [-0.2, 0) is 9.53 Å². The molecule has 0 spiro atoms. The van der Waals surface area contributed by atoms with Crippen molar-refractivity contribution < 1.29 is 9.53 Å². The molecule has 1 aromatic heterocycles. The summed E-state index contributed by atoms with van der Waals surface area (Å²) in [6.45, 7) is 2.80. The molecule has 0 bridgehead atoms. The van der Waals surface area contributed by atoms with E-state index >= 15 is 0 Å². The van der Waals surface area contributed by atoms with Gasteiger partial charge in [-0.2, -0.15) is 0 Å². The number of aromatic nitrogens is 3. The van der Waals surface area contributed by atoms with Gasteiger partial charge < -0.3 is 15.5 Å². The lowest BCUT2D eigenvalue weighted by Crippen LogP contribution is -2.44. The predicted molar refractivity (Wildman–Crippen MR) is 92.8 cm³/mol. The van der Waals surface area contributed by atoms with Crippen molar-refractivity contribution in [2.24, 2.45) is 0 Å². The highest BCUT2D eigenvalue weighted by Crippen LogP contribution is 2.37. The molecule has 0 aliphatic carbocycles. The van der Waals surface area contributed by atoms with Crippen molar-refractivity contribution in [2.75, 3.05) is 25.7 Å². The van der Waals surface area contributed by atoms with Crippen LogP contribution in [0.3, 0.4) is 0 Å². The third-order valence-corrected chi connectivity index (χ3v) is 5.16. The number of benzene rings is 1. The van der Waals surface area contributed by atoms with Crippen LogP contribution in [0.4, 0.5) is 0 Å². The molecular weight excluding hydrogens is 350 g/mol. The van der Waals surface area contributed by atoms with E-state index in [9.17, 15) is 4.79 Å². The molecule has 1 amide bonds. The fourth-order valence-electron chi connectivity index (χ4n) is 2.46. The number of thioether (sulfide) groups is 1. The second-order valence-corrected chi connectivity index (χ2v) is 6.89. The minimum absolute atomic E-state index is 0.0728. The number of hydrogen-bond donors (Lipinski definition) is 2. The van der Waals surface area contributed by atoms with Gasteiger partial charge in [-0.3, -0.25) is 4.79 Å². The van der Waals surface area contributed by atoms with Crippen LogP contribution in [0.1, 0.15) is 17.4 Å². The molecule has 0 radical (unpaired) electrons. The zero-order chi connectivity index (χ0) is 17.1. The summed E-state index contributed by atoms with van der Waals surface area (Å²) in [5.41, 5.74) is 4.31. The fraction of sp³-hybridized carbons (Fsp3) is 0.400. The molecule has 0 unspecified atom stereocenters. The summed E-state index contributed by atoms with van der Waals surface area (Å²) in [5.74, 6) is 0.672. The lowest BCUT2D eigenvalue weighted by molar-refractivity contribution is -0.121. The first-order valence-electron chi connectivity index (χ1n) is 7.47. The van der Waals surface area contributed by atoms with Gasteiger partial charge in [0.1, 0.15) is 11.1 Å². The summed E-state index contributed by atoms with van der Waals surface area (Å²) >= 11 is 7.37. The number of halogens is 1. The molecule has 9 heteroatoms. The SMILES string of the molecule is COCCNC(=O)[C@H]1Sc2nnc(C)n2N[C@@H]1c1ccc(Cl)cc1. The van der Waals surface area contributed by atoms with E-state index in [0.29, 0.717) is 23.3 Å². The second kappa shape index (κ2) is 7.42. The minimum Gasteiger partial charge on any atom is -0.383 e. The summed E-state index contributed by atoms with van der Waals surface area (Å²) in [5, 5.41) is 12.0. The van der Waals surface area contributed by atoms with E-state index in [2.05, 4.69) is 20.9 Å². The molecule has 2 atom stereocenters. The Balaban J connectivity index is 1.87. The molecule has 24 heavy (non-hydrogen) atoms. The molecule has 2 N–H and O–H groups in total. The van der Waals surface area contributed by atoms with Gasteiger partial charge in [0.15, 0.2) is 0 Å². The molecule has 2 heterocycles. The molecule has 1 aromatic carbocycles. The van der Waals surface area contributed by atoms with Gasteiger partial charge in [-0.25, -0.2) is 4.68 Å². The van der Waals surface area contributed by atoms with E-state index in [1.54, 1.807) is 7.11 Å². The Kier molecular flexibility index (Phi) is 5.27. The van der Waals surface area contributed by atoms with Crippen LogP contribution in [0.5, 0.6) is 0 Å². The number of nitrogens with zero attached hydrogens (tertiary/aromatic N) is 3. The number of fused-ring (bicyclic) bond motifs is 1. The highest BCUT2D eigenvalue weighted by molar-refractivity contribution is 8.00. The number of aryl methyl sites for hydroxylation is 1. The molecule has 2 aromatic rings. The van der Waals surface area contributed by atoms with Crippen molar-refractivity contribution in [3.8, 4) is 0 Å². The van der Waals surface area contributed by atoms with Crippen LogP contribution in [0.15, 0.2) is 29.4 Å². The Bertz CT molecular complexity index is 721. The van der Waals surface area contributed by atoms with Gasteiger partial charge in [-0.05, 0) is 24.6 Å². The van der Waals surface area contributed by atoms with Gasteiger partial charge in [-0.1, -0.05) is 35.5 Å². The van der Waals surface area contributed by atoms with Crippen molar-refractivity contribution in [3.05, 3.63) is 40.7 Å². The van der Waals surface area contributed by atoms with Gasteiger partial charge in [0.2, 0.25) is 11.1 Å². The molecule has 1 aliphatic heterocycles. The summed E-state index contributed by atoms with van der Waals surface area (Å²) in [4.78, 5) is 12.6. The smallest absolute Gasteiger partial charge is 0.236 e. The first-order valence-corrected chi connectivity index (χ1v) is 8.73.